The molecule has 0 radical (unpaired) electrons. The average Bonchev–Trinajstić information content (AvgIpc) is 2.76. The second kappa shape index (κ2) is 7.38. The van der Waals surface area contributed by atoms with Gasteiger partial charge in [0.25, 0.3) is 0 Å². The molecule has 2 nitrogen and oxygen atoms in total. The Bertz CT molecular complexity index is 205. The van der Waals surface area contributed by atoms with Crippen LogP contribution in [0.5, 0.6) is 0 Å². The molecule has 1 aliphatic rings. The Kier molecular flexibility index (Phi) is 6.50. The van der Waals surface area contributed by atoms with E-state index >= 15 is 0 Å². The summed E-state index contributed by atoms with van der Waals surface area (Å²) in [6, 6.07) is 0. The first-order valence-corrected chi connectivity index (χ1v) is 7.57. The summed E-state index contributed by atoms with van der Waals surface area (Å²) in [6.45, 7) is 10.3. The highest BCUT2D eigenvalue weighted by molar-refractivity contribution is 4.91. The highest BCUT2D eigenvalue weighted by atomic mass is 15.2. The number of hydrogen-bond acceptors (Lipinski definition) is 2. The van der Waals surface area contributed by atoms with Crippen molar-refractivity contribution in [3.05, 3.63) is 0 Å². The van der Waals surface area contributed by atoms with Gasteiger partial charge in [-0.3, -0.25) is 4.90 Å². The molecule has 1 rings (SSSR count). The Balaban J connectivity index is 2.29. The predicted octanol–water partition coefficient (Wildman–Crippen LogP) is 3.41. The first-order chi connectivity index (χ1) is 8.12. The standard InChI is InChI=1S/C15H32N2/c1-4-5-6-7-8-10-15(3,13-16)17-11-9-14(2)12-17/h14H,4-13,16H2,1-3H3. The number of nitrogens with two attached hydrogens (primary N) is 1. The van der Waals surface area contributed by atoms with Crippen molar-refractivity contribution in [3.63, 3.8) is 0 Å². The van der Waals surface area contributed by atoms with Crippen molar-refractivity contribution >= 4 is 0 Å². The van der Waals surface area contributed by atoms with Gasteiger partial charge in [-0.05, 0) is 32.2 Å². The maximum absolute atomic E-state index is 6.03. The van der Waals surface area contributed by atoms with Crippen LogP contribution in [0.3, 0.4) is 0 Å². The van der Waals surface area contributed by atoms with Gasteiger partial charge in [-0.1, -0.05) is 46.0 Å². The van der Waals surface area contributed by atoms with Crippen LogP contribution >= 0.6 is 0 Å². The molecule has 0 aromatic rings. The van der Waals surface area contributed by atoms with Crippen LogP contribution < -0.4 is 5.73 Å². The van der Waals surface area contributed by atoms with Crippen LogP contribution in [-0.4, -0.2) is 30.1 Å². The lowest BCUT2D eigenvalue weighted by Crippen LogP contribution is -2.50. The predicted molar refractivity (Wildman–Crippen MR) is 76.2 cm³/mol. The van der Waals surface area contributed by atoms with Crippen molar-refractivity contribution in [2.24, 2.45) is 11.7 Å². The quantitative estimate of drug-likeness (QED) is 0.659. The second-order valence-electron chi connectivity index (χ2n) is 6.21. The highest BCUT2D eigenvalue weighted by Gasteiger charge is 2.33. The van der Waals surface area contributed by atoms with Gasteiger partial charge in [0.2, 0.25) is 0 Å². The average molecular weight is 240 g/mol. The molecule has 17 heavy (non-hydrogen) atoms. The summed E-state index contributed by atoms with van der Waals surface area (Å²) in [5.74, 6) is 0.862. The van der Waals surface area contributed by atoms with Crippen molar-refractivity contribution in [1.82, 2.24) is 4.90 Å². The van der Waals surface area contributed by atoms with E-state index in [0.29, 0.717) is 0 Å². The Morgan fingerprint density at radius 3 is 2.47 bits per heavy atom. The smallest absolute Gasteiger partial charge is 0.0303 e. The molecule has 1 aliphatic heterocycles. The zero-order valence-corrected chi connectivity index (χ0v) is 12.2. The van der Waals surface area contributed by atoms with E-state index in [0.717, 1.165) is 12.5 Å². The number of hydrogen-bond donors (Lipinski definition) is 1. The second-order valence-corrected chi connectivity index (χ2v) is 6.21. The van der Waals surface area contributed by atoms with Gasteiger partial charge in [0.15, 0.2) is 0 Å². The van der Waals surface area contributed by atoms with Crippen LogP contribution in [0.25, 0.3) is 0 Å². The van der Waals surface area contributed by atoms with Gasteiger partial charge in [0.1, 0.15) is 0 Å². The van der Waals surface area contributed by atoms with Gasteiger partial charge >= 0.3 is 0 Å². The fourth-order valence-electron chi connectivity index (χ4n) is 2.92. The van der Waals surface area contributed by atoms with Crippen LogP contribution in [0.2, 0.25) is 0 Å². The monoisotopic (exact) mass is 240 g/mol. The Labute approximate surface area is 108 Å². The number of nitrogens with zero attached hydrogens (tertiary/aromatic N) is 1. The number of unbranched alkanes of at least 4 members (excludes halogenated alkanes) is 4. The summed E-state index contributed by atoms with van der Waals surface area (Å²) in [7, 11) is 0. The largest absolute Gasteiger partial charge is 0.329 e. The van der Waals surface area contributed by atoms with Crippen LogP contribution in [0.1, 0.15) is 65.7 Å². The van der Waals surface area contributed by atoms with Crippen molar-refractivity contribution in [1.29, 1.82) is 0 Å². The van der Waals surface area contributed by atoms with Gasteiger partial charge < -0.3 is 5.73 Å². The molecule has 2 unspecified atom stereocenters. The zero-order chi connectivity index (χ0) is 12.7. The molecule has 0 aliphatic carbocycles. The molecule has 2 heteroatoms. The van der Waals surface area contributed by atoms with Crippen LogP contribution in [0, 0.1) is 5.92 Å². The molecule has 0 amide bonds. The molecule has 0 aromatic carbocycles. The van der Waals surface area contributed by atoms with Crippen LogP contribution in [0.15, 0.2) is 0 Å². The molecule has 2 N–H and O–H groups in total. The summed E-state index contributed by atoms with van der Waals surface area (Å²) in [5.41, 5.74) is 6.29. The molecule has 2 atom stereocenters. The Hall–Kier alpha value is -0.0800. The summed E-state index contributed by atoms with van der Waals surface area (Å²) >= 11 is 0. The first-order valence-electron chi connectivity index (χ1n) is 7.57. The van der Waals surface area contributed by atoms with E-state index in [2.05, 4.69) is 25.7 Å². The van der Waals surface area contributed by atoms with E-state index in [1.165, 1.54) is 58.0 Å². The molecule has 0 aromatic heterocycles. The minimum atomic E-state index is 0.261. The molecule has 102 valence electrons. The summed E-state index contributed by atoms with van der Waals surface area (Å²) < 4.78 is 0. The maximum Gasteiger partial charge on any atom is 0.0303 e. The number of rotatable bonds is 8. The van der Waals surface area contributed by atoms with Gasteiger partial charge in [-0.2, -0.15) is 0 Å². The van der Waals surface area contributed by atoms with Gasteiger partial charge in [-0.15, -0.1) is 0 Å². The molecule has 0 bridgehead atoms. The van der Waals surface area contributed by atoms with E-state index in [1.54, 1.807) is 0 Å². The minimum Gasteiger partial charge on any atom is -0.329 e. The molecule has 1 heterocycles. The molecule has 1 saturated heterocycles. The Morgan fingerprint density at radius 1 is 1.24 bits per heavy atom. The molecule has 1 fully saturated rings. The molecular weight excluding hydrogens is 208 g/mol. The fraction of sp³-hybridized carbons (Fsp3) is 1.00. The van der Waals surface area contributed by atoms with E-state index in [-0.39, 0.29) is 5.54 Å². The van der Waals surface area contributed by atoms with Crippen LogP contribution in [0.4, 0.5) is 0 Å². The van der Waals surface area contributed by atoms with E-state index < -0.39 is 0 Å². The van der Waals surface area contributed by atoms with Crippen molar-refractivity contribution in [3.8, 4) is 0 Å². The maximum atomic E-state index is 6.03. The normalized spacial score (nSPS) is 25.1. The third-order valence-electron chi connectivity index (χ3n) is 4.45. The fourth-order valence-corrected chi connectivity index (χ4v) is 2.92. The minimum absolute atomic E-state index is 0.261. The zero-order valence-electron chi connectivity index (χ0n) is 12.2. The lowest BCUT2D eigenvalue weighted by Gasteiger charge is -2.38. The lowest BCUT2D eigenvalue weighted by atomic mass is 9.92. The van der Waals surface area contributed by atoms with E-state index in [9.17, 15) is 0 Å². The summed E-state index contributed by atoms with van der Waals surface area (Å²) in [6.07, 6.45) is 9.47. The SMILES string of the molecule is CCCCCCCC(C)(CN)N1CCC(C)C1. The van der Waals surface area contributed by atoms with Gasteiger partial charge in [0, 0.05) is 18.6 Å². The molecular formula is C15H32N2. The molecule has 0 saturated carbocycles. The molecule has 0 spiro atoms. The van der Waals surface area contributed by atoms with E-state index in [1.807, 2.05) is 0 Å². The highest BCUT2D eigenvalue weighted by Crippen LogP contribution is 2.28. The Morgan fingerprint density at radius 2 is 1.94 bits per heavy atom. The van der Waals surface area contributed by atoms with E-state index in [4.69, 9.17) is 5.73 Å². The van der Waals surface area contributed by atoms with Crippen molar-refractivity contribution < 1.29 is 0 Å². The van der Waals surface area contributed by atoms with Crippen molar-refractivity contribution in [2.75, 3.05) is 19.6 Å². The van der Waals surface area contributed by atoms with Gasteiger partial charge in [0.05, 0.1) is 0 Å². The summed E-state index contributed by atoms with van der Waals surface area (Å²) in [5, 5.41) is 0. The topological polar surface area (TPSA) is 29.3 Å². The summed E-state index contributed by atoms with van der Waals surface area (Å²) in [4.78, 5) is 2.64. The van der Waals surface area contributed by atoms with Crippen molar-refractivity contribution in [2.45, 2.75) is 71.3 Å². The lowest BCUT2D eigenvalue weighted by molar-refractivity contribution is 0.124. The van der Waals surface area contributed by atoms with Crippen LogP contribution in [-0.2, 0) is 0 Å². The first kappa shape index (κ1) is 15.0. The third kappa shape index (κ3) is 4.59. The number of likely N-dealkylation sites (tertiary alicyclic amines) is 1. The van der Waals surface area contributed by atoms with Gasteiger partial charge in [-0.25, -0.2) is 0 Å². The third-order valence-corrected chi connectivity index (χ3v) is 4.45.